The number of hydrogen-bond donors (Lipinski definition) is 1. The lowest BCUT2D eigenvalue weighted by molar-refractivity contribution is -0.173. The van der Waals surface area contributed by atoms with Crippen molar-refractivity contribution in [2.24, 2.45) is 0 Å². The first-order valence-corrected chi connectivity index (χ1v) is 4.30. The number of alkyl halides is 3. The van der Waals surface area contributed by atoms with Crippen LogP contribution < -0.4 is 5.32 Å². The zero-order valence-electron chi connectivity index (χ0n) is 8.48. The van der Waals surface area contributed by atoms with Crippen LogP contribution in [0.4, 0.5) is 13.2 Å². The Labute approximate surface area is 81.3 Å². The summed E-state index contributed by atoms with van der Waals surface area (Å²) in [4.78, 5) is 12.2. The Balaban J connectivity index is 3.71. The molecule has 0 aromatic carbocycles. The highest BCUT2D eigenvalue weighted by Crippen LogP contribution is 2.13. The van der Waals surface area contributed by atoms with Gasteiger partial charge in [0.05, 0.1) is 0 Å². The smallest absolute Gasteiger partial charge is 0.347 e. The number of nitrogens with one attached hydrogen (secondary N) is 1. The van der Waals surface area contributed by atoms with Crippen molar-refractivity contribution in [2.45, 2.75) is 26.1 Å². The molecule has 0 radical (unpaired) electrons. The van der Waals surface area contributed by atoms with E-state index in [1.54, 1.807) is 12.4 Å². The van der Waals surface area contributed by atoms with E-state index < -0.39 is 12.1 Å². The Morgan fingerprint density at radius 1 is 1.43 bits per heavy atom. The lowest BCUT2D eigenvalue weighted by Gasteiger charge is -2.20. The molecule has 0 rings (SSSR count). The van der Waals surface area contributed by atoms with Crippen LogP contribution in [0, 0.1) is 0 Å². The van der Waals surface area contributed by atoms with Gasteiger partial charge >= 0.3 is 12.1 Å². The molecule has 14 heavy (non-hydrogen) atoms. The topological polar surface area (TPSA) is 32.3 Å². The monoisotopic (exact) mass is 212 g/mol. The minimum absolute atomic E-state index is 0.00697. The van der Waals surface area contributed by atoms with Crippen LogP contribution in [0.5, 0.6) is 0 Å². The molecule has 0 aromatic heterocycles. The maximum Gasteiger partial charge on any atom is 0.471 e. The number of likely N-dealkylation sites (N-methyl/N-ethyl adjacent to an activating group) is 1. The van der Waals surface area contributed by atoms with E-state index in [2.05, 4.69) is 0 Å². The number of carbonyl (C=O) groups excluding carboxylic acids is 1. The van der Waals surface area contributed by atoms with Crippen molar-refractivity contribution in [3.05, 3.63) is 0 Å². The zero-order chi connectivity index (χ0) is 11.4. The minimum atomic E-state index is -4.78. The summed E-state index contributed by atoms with van der Waals surface area (Å²) in [5, 5.41) is 1.80. The summed E-state index contributed by atoms with van der Waals surface area (Å²) >= 11 is 0. The summed E-state index contributed by atoms with van der Waals surface area (Å²) in [6, 6.07) is 0.248. The number of halogens is 3. The highest BCUT2D eigenvalue weighted by atomic mass is 19.4. The predicted octanol–water partition coefficient (Wildman–Crippen LogP) is 1.01. The van der Waals surface area contributed by atoms with E-state index in [1.165, 1.54) is 0 Å². The van der Waals surface area contributed by atoms with E-state index in [9.17, 15) is 18.0 Å². The van der Waals surface area contributed by atoms with E-state index >= 15 is 0 Å². The Morgan fingerprint density at radius 3 is 2.29 bits per heavy atom. The van der Waals surface area contributed by atoms with Crippen LogP contribution >= 0.6 is 0 Å². The van der Waals surface area contributed by atoms with Crippen molar-refractivity contribution in [1.29, 1.82) is 0 Å². The number of carbonyl (C=O) groups is 1. The van der Waals surface area contributed by atoms with Gasteiger partial charge in [0.25, 0.3) is 0 Å². The minimum Gasteiger partial charge on any atom is -0.347 e. The Morgan fingerprint density at radius 2 is 1.93 bits per heavy atom. The van der Waals surface area contributed by atoms with Gasteiger partial charge in [-0.1, -0.05) is 0 Å². The second-order valence-electron chi connectivity index (χ2n) is 3.33. The summed E-state index contributed by atoms with van der Waals surface area (Å²) in [6.45, 7) is 4.25. The van der Waals surface area contributed by atoms with Gasteiger partial charge in [-0.15, -0.1) is 0 Å². The number of rotatable bonds is 4. The molecule has 3 nitrogen and oxygen atoms in total. The van der Waals surface area contributed by atoms with E-state index in [0.29, 0.717) is 6.54 Å². The van der Waals surface area contributed by atoms with E-state index in [4.69, 9.17) is 0 Å². The number of amides is 1. The fourth-order valence-corrected chi connectivity index (χ4v) is 0.704. The standard InChI is InChI=1S/C8H15F3N2O/c1-6(2)13(3)5-4-12-7(14)8(9,10)11/h6H,4-5H2,1-3H3,(H,12,14). The first kappa shape index (κ1) is 13.2. The largest absolute Gasteiger partial charge is 0.471 e. The van der Waals surface area contributed by atoms with Crippen molar-refractivity contribution in [3.63, 3.8) is 0 Å². The molecule has 0 atom stereocenters. The third kappa shape index (κ3) is 5.06. The summed E-state index contributed by atoms with van der Waals surface area (Å²) < 4.78 is 35.1. The molecule has 0 fully saturated rings. The van der Waals surface area contributed by atoms with Crippen LogP contribution in [0.3, 0.4) is 0 Å². The van der Waals surface area contributed by atoms with Crippen molar-refractivity contribution in [2.75, 3.05) is 20.1 Å². The molecule has 0 bridgehead atoms. The summed E-state index contributed by atoms with van der Waals surface area (Å²) in [5.74, 6) is -1.88. The summed E-state index contributed by atoms with van der Waals surface area (Å²) in [5.41, 5.74) is 0. The Bertz CT molecular complexity index is 192. The third-order valence-corrected chi connectivity index (χ3v) is 1.89. The molecule has 0 heterocycles. The van der Waals surface area contributed by atoms with Gasteiger partial charge in [0, 0.05) is 19.1 Å². The van der Waals surface area contributed by atoms with Crippen LogP contribution in [0.15, 0.2) is 0 Å². The van der Waals surface area contributed by atoms with Gasteiger partial charge in [-0.2, -0.15) is 13.2 Å². The van der Waals surface area contributed by atoms with Crippen molar-refractivity contribution in [1.82, 2.24) is 10.2 Å². The fraction of sp³-hybridized carbons (Fsp3) is 0.875. The molecule has 0 aromatic rings. The normalized spacial score (nSPS) is 12.3. The van der Waals surface area contributed by atoms with Crippen LogP contribution in [-0.2, 0) is 4.79 Å². The molecule has 0 saturated heterocycles. The van der Waals surface area contributed by atoms with Crippen molar-refractivity contribution in [3.8, 4) is 0 Å². The Kier molecular flexibility index (Phi) is 4.90. The van der Waals surface area contributed by atoms with Gasteiger partial charge in [-0.3, -0.25) is 4.79 Å². The quantitative estimate of drug-likeness (QED) is 0.754. The average Bonchev–Trinajstić information content (AvgIpc) is 2.01. The van der Waals surface area contributed by atoms with Crippen LogP contribution in [-0.4, -0.2) is 43.2 Å². The molecule has 0 aliphatic rings. The summed E-state index contributed by atoms with van der Waals surface area (Å²) in [7, 11) is 1.78. The fourth-order valence-electron chi connectivity index (χ4n) is 0.704. The molecular formula is C8H15F3N2O. The highest BCUT2D eigenvalue weighted by Gasteiger charge is 2.38. The average molecular weight is 212 g/mol. The van der Waals surface area contributed by atoms with Crippen molar-refractivity contribution >= 4 is 5.91 Å². The van der Waals surface area contributed by atoms with Gasteiger partial charge in [0.15, 0.2) is 0 Å². The van der Waals surface area contributed by atoms with Gasteiger partial charge in [-0.05, 0) is 20.9 Å². The number of nitrogens with zero attached hydrogens (tertiary/aromatic N) is 1. The Hall–Kier alpha value is -0.780. The second-order valence-corrected chi connectivity index (χ2v) is 3.33. The van der Waals surface area contributed by atoms with Crippen molar-refractivity contribution < 1.29 is 18.0 Å². The zero-order valence-corrected chi connectivity index (χ0v) is 8.48. The lowest BCUT2D eigenvalue weighted by atomic mass is 10.3. The van der Waals surface area contributed by atoms with Gasteiger partial charge in [-0.25, -0.2) is 0 Å². The molecule has 0 aliphatic carbocycles. The van der Waals surface area contributed by atoms with Crippen LogP contribution in [0.1, 0.15) is 13.8 Å². The molecule has 1 N–H and O–H groups in total. The lowest BCUT2D eigenvalue weighted by Crippen LogP contribution is -2.41. The molecule has 0 saturated carbocycles. The molecule has 0 aliphatic heterocycles. The first-order chi connectivity index (χ1) is 6.25. The maximum atomic E-state index is 11.7. The van der Waals surface area contributed by atoms with Gasteiger partial charge in [0.2, 0.25) is 0 Å². The molecule has 1 amide bonds. The molecule has 0 spiro atoms. The summed E-state index contributed by atoms with van der Waals surface area (Å²) in [6.07, 6.45) is -4.78. The third-order valence-electron chi connectivity index (χ3n) is 1.89. The predicted molar refractivity (Wildman–Crippen MR) is 46.8 cm³/mol. The van der Waals surface area contributed by atoms with Crippen LogP contribution in [0.2, 0.25) is 0 Å². The molecule has 84 valence electrons. The molecule has 0 unspecified atom stereocenters. The first-order valence-electron chi connectivity index (χ1n) is 4.30. The van der Waals surface area contributed by atoms with E-state index in [-0.39, 0.29) is 12.6 Å². The number of hydrogen-bond acceptors (Lipinski definition) is 2. The van der Waals surface area contributed by atoms with Crippen LogP contribution in [0.25, 0.3) is 0 Å². The SMILES string of the molecule is CC(C)N(C)CCNC(=O)C(F)(F)F. The van der Waals surface area contributed by atoms with Gasteiger partial charge in [0.1, 0.15) is 0 Å². The van der Waals surface area contributed by atoms with Gasteiger partial charge < -0.3 is 10.2 Å². The highest BCUT2D eigenvalue weighted by molar-refractivity contribution is 5.81. The maximum absolute atomic E-state index is 11.7. The second kappa shape index (κ2) is 5.19. The molecule has 6 heteroatoms. The molecular weight excluding hydrogens is 197 g/mol. The van der Waals surface area contributed by atoms with E-state index in [1.807, 2.05) is 18.7 Å². The van der Waals surface area contributed by atoms with E-state index in [0.717, 1.165) is 0 Å².